The second-order valence-electron chi connectivity index (χ2n) is 3.04. The Morgan fingerprint density at radius 1 is 1.35 bits per heavy atom. The number of hydrogen-bond donors (Lipinski definition) is 2. The van der Waals surface area contributed by atoms with E-state index in [9.17, 15) is 9.59 Å². The molecular weight excluding hydrogens is 248 g/mol. The standard InChI is InChI=1S/C11H9ClO5/c12-8-3-1-7(2-4-10(13)14)9(5-8)17-6-11(15)16/h1-5H,6H2,(H,13,14)(H,15,16)/b4-2+. The molecule has 1 aromatic carbocycles. The molecule has 1 aromatic rings. The lowest BCUT2D eigenvalue weighted by Crippen LogP contribution is -2.10. The van der Waals surface area contributed by atoms with Crippen LogP contribution in [-0.4, -0.2) is 28.8 Å². The molecule has 0 radical (unpaired) electrons. The first kappa shape index (κ1) is 13.1. The Morgan fingerprint density at radius 2 is 2.06 bits per heavy atom. The first-order chi connectivity index (χ1) is 7.99. The van der Waals surface area contributed by atoms with Gasteiger partial charge in [0.15, 0.2) is 6.61 Å². The minimum atomic E-state index is -1.13. The van der Waals surface area contributed by atoms with Crippen LogP contribution in [0.15, 0.2) is 24.3 Å². The maximum Gasteiger partial charge on any atom is 0.341 e. The predicted octanol–water partition coefficient (Wildman–Crippen LogP) is 1.90. The first-order valence-corrected chi connectivity index (χ1v) is 4.92. The molecule has 5 nitrogen and oxygen atoms in total. The average molecular weight is 257 g/mol. The number of aliphatic carboxylic acids is 2. The third-order valence-corrected chi connectivity index (χ3v) is 1.97. The van der Waals surface area contributed by atoms with E-state index in [2.05, 4.69) is 0 Å². The molecule has 0 aromatic heterocycles. The molecule has 0 saturated heterocycles. The Labute approximate surface area is 102 Å². The van der Waals surface area contributed by atoms with Crippen molar-refractivity contribution in [3.8, 4) is 5.75 Å². The van der Waals surface area contributed by atoms with Gasteiger partial charge in [0.25, 0.3) is 0 Å². The fourth-order valence-corrected chi connectivity index (χ4v) is 1.23. The third kappa shape index (κ3) is 4.56. The highest BCUT2D eigenvalue weighted by atomic mass is 35.5. The number of ether oxygens (including phenoxy) is 1. The van der Waals surface area contributed by atoms with E-state index in [-0.39, 0.29) is 5.75 Å². The van der Waals surface area contributed by atoms with Crippen molar-refractivity contribution in [3.05, 3.63) is 34.9 Å². The van der Waals surface area contributed by atoms with Crippen molar-refractivity contribution < 1.29 is 24.5 Å². The molecule has 0 heterocycles. The summed E-state index contributed by atoms with van der Waals surface area (Å²) >= 11 is 5.73. The number of carboxylic acid groups (broad SMARTS) is 2. The van der Waals surface area contributed by atoms with E-state index in [1.165, 1.54) is 12.1 Å². The number of benzene rings is 1. The van der Waals surface area contributed by atoms with Crippen molar-refractivity contribution in [2.45, 2.75) is 0 Å². The largest absolute Gasteiger partial charge is 0.481 e. The van der Waals surface area contributed by atoms with Gasteiger partial charge >= 0.3 is 11.9 Å². The molecule has 0 bridgehead atoms. The van der Waals surface area contributed by atoms with Crippen LogP contribution in [0.5, 0.6) is 5.75 Å². The monoisotopic (exact) mass is 256 g/mol. The predicted molar refractivity (Wildman–Crippen MR) is 61.3 cm³/mol. The van der Waals surface area contributed by atoms with E-state index in [4.69, 9.17) is 26.6 Å². The Morgan fingerprint density at radius 3 is 2.65 bits per heavy atom. The highest BCUT2D eigenvalue weighted by Gasteiger charge is 2.05. The Balaban J connectivity index is 2.95. The van der Waals surface area contributed by atoms with Crippen LogP contribution in [0.2, 0.25) is 5.02 Å². The minimum absolute atomic E-state index is 0.220. The first-order valence-electron chi connectivity index (χ1n) is 4.54. The SMILES string of the molecule is O=C(O)/C=C/c1ccc(Cl)cc1OCC(=O)O. The lowest BCUT2D eigenvalue weighted by Gasteiger charge is -2.07. The molecule has 2 N–H and O–H groups in total. The molecule has 90 valence electrons. The van der Waals surface area contributed by atoms with Crippen LogP contribution in [0.3, 0.4) is 0 Å². The molecule has 0 spiro atoms. The molecular formula is C11H9ClO5. The zero-order chi connectivity index (χ0) is 12.8. The summed E-state index contributed by atoms with van der Waals surface area (Å²) in [6.45, 7) is -0.520. The number of carbonyl (C=O) groups is 2. The maximum absolute atomic E-state index is 10.4. The van der Waals surface area contributed by atoms with Crippen LogP contribution in [-0.2, 0) is 9.59 Å². The van der Waals surface area contributed by atoms with Gasteiger partial charge in [-0.25, -0.2) is 9.59 Å². The Kier molecular flexibility index (Phi) is 4.54. The van der Waals surface area contributed by atoms with E-state index in [1.807, 2.05) is 0 Å². The Hall–Kier alpha value is -2.01. The highest BCUT2D eigenvalue weighted by Crippen LogP contribution is 2.24. The van der Waals surface area contributed by atoms with Crippen molar-refractivity contribution in [3.63, 3.8) is 0 Å². The van der Waals surface area contributed by atoms with Crippen LogP contribution in [0, 0.1) is 0 Å². The smallest absolute Gasteiger partial charge is 0.341 e. The van der Waals surface area contributed by atoms with Gasteiger partial charge in [0.2, 0.25) is 0 Å². The molecule has 0 aliphatic carbocycles. The molecule has 0 fully saturated rings. The van der Waals surface area contributed by atoms with Crippen molar-refractivity contribution in [2.24, 2.45) is 0 Å². The van der Waals surface area contributed by atoms with Gasteiger partial charge < -0.3 is 14.9 Å². The lowest BCUT2D eigenvalue weighted by molar-refractivity contribution is -0.139. The zero-order valence-corrected chi connectivity index (χ0v) is 9.35. The second kappa shape index (κ2) is 5.91. The van der Waals surface area contributed by atoms with Crippen LogP contribution in [0.4, 0.5) is 0 Å². The van der Waals surface area contributed by atoms with E-state index in [0.717, 1.165) is 6.08 Å². The highest BCUT2D eigenvalue weighted by molar-refractivity contribution is 6.30. The van der Waals surface area contributed by atoms with Gasteiger partial charge in [-0.1, -0.05) is 11.6 Å². The summed E-state index contributed by atoms with van der Waals surface area (Å²) in [5.41, 5.74) is 0.443. The second-order valence-corrected chi connectivity index (χ2v) is 3.47. The quantitative estimate of drug-likeness (QED) is 0.786. The molecule has 0 atom stereocenters. The summed E-state index contributed by atoms with van der Waals surface area (Å²) in [5, 5.41) is 17.3. The van der Waals surface area contributed by atoms with Crippen molar-refractivity contribution >= 4 is 29.6 Å². The van der Waals surface area contributed by atoms with Crippen molar-refractivity contribution in [2.75, 3.05) is 6.61 Å². The normalized spacial score (nSPS) is 10.4. The maximum atomic E-state index is 10.4. The van der Waals surface area contributed by atoms with Gasteiger partial charge in [0, 0.05) is 16.7 Å². The number of carboxylic acids is 2. The topological polar surface area (TPSA) is 83.8 Å². The molecule has 0 saturated carbocycles. The molecule has 17 heavy (non-hydrogen) atoms. The van der Waals surface area contributed by atoms with Crippen LogP contribution >= 0.6 is 11.6 Å². The molecule has 6 heteroatoms. The summed E-state index contributed by atoms with van der Waals surface area (Å²) in [7, 11) is 0. The zero-order valence-electron chi connectivity index (χ0n) is 8.59. The molecule has 0 aliphatic heterocycles. The van der Waals surface area contributed by atoms with Gasteiger partial charge in [-0.05, 0) is 24.3 Å². The molecule has 0 amide bonds. The fourth-order valence-electron chi connectivity index (χ4n) is 1.07. The fraction of sp³-hybridized carbons (Fsp3) is 0.0909. The van der Waals surface area contributed by atoms with E-state index < -0.39 is 18.5 Å². The number of hydrogen-bond acceptors (Lipinski definition) is 3. The van der Waals surface area contributed by atoms with Crippen molar-refractivity contribution in [1.82, 2.24) is 0 Å². The summed E-state index contributed by atoms with van der Waals surface area (Å²) in [4.78, 5) is 20.7. The van der Waals surface area contributed by atoms with Gasteiger partial charge in [-0.15, -0.1) is 0 Å². The summed E-state index contributed by atoms with van der Waals surface area (Å²) < 4.78 is 4.98. The lowest BCUT2D eigenvalue weighted by atomic mass is 10.2. The van der Waals surface area contributed by atoms with Gasteiger partial charge in [-0.2, -0.15) is 0 Å². The van der Waals surface area contributed by atoms with Gasteiger partial charge in [0.05, 0.1) is 0 Å². The summed E-state index contributed by atoms with van der Waals surface area (Å²) in [5.74, 6) is -2.01. The van der Waals surface area contributed by atoms with Crippen LogP contribution in [0.25, 0.3) is 6.08 Å². The van der Waals surface area contributed by atoms with Crippen LogP contribution < -0.4 is 4.74 Å². The van der Waals surface area contributed by atoms with E-state index in [0.29, 0.717) is 10.6 Å². The average Bonchev–Trinajstić information content (AvgIpc) is 2.24. The van der Waals surface area contributed by atoms with Crippen molar-refractivity contribution in [1.29, 1.82) is 0 Å². The van der Waals surface area contributed by atoms with E-state index >= 15 is 0 Å². The molecule has 0 unspecified atom stereocenters. The van der Waals surface area contributed by atoms with E-state index in [1.54, 1.807) is 12.1 Å². The minimum Gasteiger partial charge on any atom is -0.481 e. The van der Waals surface area contributed by atoms with Gasteiger partial charge in [-0.3, -0.25) is 0 Å². The van der Waals surface area contributed by atoms with Crippen LogP contribution in [0.1, 0.15) is 5.56 Å². The van der Waals surface area contributed by atoms with Gasteiger partial charge in [0.1, 0.15) is 5.75 Å². The summed E-state index contributed by atoms with van der Waals surface area (Å²) in [6, 6.07) is 4.52. The number of rotatable bonds is 5. The molecule has 1 rings (SSSR count). The summed E-state index contributed by atoms with van der Waals surface area (Å²) in [6.07, 6.45) is 2.23. The Bertz CT molecular complexity index is 467. The third-order valence-electron chi connectivity index (χ3n) is 1.73. The number of halogens is 1. The molecule has 0 aliphatic rings.